The maximum absolute atomic E-state index is 13.1. The second-order valence-electron chi connectivity index (χ2n) is 4.37. The zero-order valence-electron chi connectivity index (χ0n) is 9.90. The average Bonchev–Trinajstić information content (AvgIpc) is 2.69. The predicted octanol–water partition coefficient (Wildman–Crippen LogP) is 1.56. The van der Waals surface area contributed by atoms with Gasteiger partial charge in [0.25, 0.3) is 0 Å². The summed E-state index contributed by atoms with van der Waals surface area (Å²) in [6.45, 7) is 1.74. The molecule has 1 N–H and O–H groups in total. The molecule has 0 fully saturated rings. The van der Waals surface area contributed by atoms with E-state index in [1.54, 1.807) is 6.92 Å². The van der Waals surface area contributed by atoms with Crippen LogP contribution in [-0.4, -0.2) is 23.7 Å². The van der Waals surface area contributed by atoms with E-state index in [0.717, 1.165) is 0 Å². The molecule has 0 heterocycles. The molecule has 1 atom stereocenters. The highest BCUT2D eigenvalue weighted by molar-refractivity contribution is 6.00. The number of aliphatic carboxylic acids is 1. The summed E-state index contributed by atoms with van der Waals surface area (Å²) < 4.78 is 17.9. The number of carboxylic acids is 1. The van der Waals surface area contributed by atoms with E-state index in [9.17, 15) is 19.1 Å². The third kappa shape index (κ3) is 1.85. The molecule has 1 aromatic carbocycles. The molecule has 0 bridgehead atoms. The van der Waals surface area contributed by atoms with Gasteiger partial charge in [0.05, 0.1) is 6.61 Å². The zero-order valence-corrected chi connectivity index (χ0v) is 9.90. The number of rotatable bonds is 3. The van der Waals surface area contributed by atoms with Crippen LogP contribution >= 0.6 is 0 Å². The second kappa shape index (κ2) is 4.40. The molecule has 2 rings (SSSR count). The molecular weight excluding hydrogens is 239 g/mol. The van der Waals surface area contributed by atoms with Crippen molar-refractivity contribution in [1.82, 2.24) is 0 Å². The van der Waals surface area contributed by atoms with E-state index in [1.807, 2.05) is 0 Å². The Labute approximate surface area is 103 Å². The molecule has 1 aromatic rings. The highest BCUT2D eigenvalue weighted by Gasteiger charge is 2.51. The largest absolute Gasteiger partial charge is 0.480 e. The SMILES string of the molecule is CCOC(=O)[C@@]1(C(=O)O)Cc2ccc(F)cc2C1. The summed E-state index contributed by atoms with van der Waals surface area (Å²) in [5, 5.41) is 9.31. The fourth-order valence-electron chi connectivity index (χ4n) is 2.30. The summed E-state index contributed by atoms with van der Waals surface area (Å²) in [5.41, 5.74) is -0.358. The number of carboxylic acid groups (broad SMARTS) is 1. The molecule has 0 saturated carbocycles. The minimum atomic E-state index is -1.61. The van der Waals surface area contributed by atoms with Crippen LogP contribution in [0.3, 0.4) is 0 Å². The van der Waals surface area contributed by atoms with Gasteiger partial charge in [-0.2, -0.15) is 0 Å². The molecule has 0 amide bonds. The van der Waals surface area contributed by atoms with Gasteiger partial charge in [0.2, 0.25) is 0 Å². The molecule has 18 heavy (non-hydrogen) atoms. The Bertz CT molecular complexity index is 512. The van der Waals surface area contributed by atoms with E-state index in [0.29, 0.717) is 11.1 Å². The summed E-state index contributed by atoms with van der Waals surface area (Å²) in [6.07, 6.45) is 0.0328. The van der Waals surface area contributed by atoms with E-state index >= 15 is 0 Å². The monoisotopic (exact) mass is 252 g/mol. The van der Waals surface area contributed by atoms with Gasteiger partial charge in [-0.05, 0) is 43.0 Å². The van der Waals surface area contributed by atoms with Crippen molar-refractivity contribution in [3.63, 3.8) is 0 Å². The molecule has 1 aliphatic carbocycles. The summed E-state index contributed by atoms with van der Waals surface area (Å²) in [7, 11) is 0. The van der Waals surface area contributed by atoms with Crippen LogP contribution in [0.5, 0.6) is 0 Å². The molecule has 0 unspecified atom stereocenters. The number of carbonyl (C=O) groups is 2. The van der Waals surface area contributed by atoms with Crippen molar-refractivity contribution < 1.29 is 23.8 Å². The predicted molar refractivity (Wildman–Crippen MR) is 60.5 cm³/mol. The first kappa shape index (κ1) is 12.5. The number of ether oxygens (including phenoxy) is 1. The molecule has 0 saturated heterocycles. The normalized spacial score (nSPS) is 21.4. The van der Waals surface area contributed by atoms with Crippen molar-refractivity contribution in [2.45, 2.75) is 19.8 Å². The van der Waals surface area contributed by atoms with Gasteiger partial charge in [-0.15, -0.1) is 0 Å². The van der Waals surface area contributed by atoms with E-state index in [2.05, 4.69) is 0 Å². The number of halogens is 1. The lowest BCUT2D eigenvalue weighted by Gasteiger charge is -2.21. The Morgan fingerprint density at radius 2 is 2.06 bits per heavy atom. The molecule has 0 radical (unpaired) electrons. The standard InChI is InChI=1S/C13H13FO4/c1-2-18-12(17)13(11(15)16)6-8-3-4-10(14)5-9(8)7-13/h3-5H,2,6-7H2,1H3,(H,15,16)/t13-/m0/s1. The minimum absolute atomic E-state index is 0.0196. The van der Waals surface area contributed by atoms with E-state index in [1.165, 1.54) is 18.2 Å². The average molecular weight is 252 g/mol. The Kier molecular flexibility index (Phi) is 3.07. The van der Waals surface area contributed by atoms with Crippen LogP contribution in [0.2, 0.25) is 0 Å². The highest BCUT2D eigenvalue weighted by Crippen LogP contribution is 2.38. The molecule has 1 aliphatic rings. The Morgan fingerprint density at radius 1 is 1.39 bits per heavy atom. The van der Waals surface area contributed by atoms with Gasteiger partial charge in [0, 0.05) is 0 Å². The number of carbonyl (C=O) groups excluding carboxylic acids is 1. The fraction of sp³-hybridized carbons (Fsp3) is 0.385. The third-order valence-corrected chi connectivity index (χ3v) is 3.23. The summed E-state index contributed by atoms with van der Waals surface area (Å²) in [5.74, 6) is -2.41. The second-order valence-corrected chi connectivity index (χ2v) is 4.37. The summed E-state index contributed by atoms with van der Waals surface area (Å²) in [4.78, 5) is 23.3. The minimum Gasteiger partial charge on any atom is -0.480 e. The van der Waals surface area contributed by atoms with Gasteiger partial charge in [-0.25, -0.2) is 4.39 Å². The van der Waals surface area contributed by atoms with Gasteiger partial charge in [-0.3, -0.25) is 9.59 Å². The van der Waals surface area contributed by atoms with Crippen LogP contribution in [0.1, 0.15) is 18.1 Å². The van der Waals surface area contributed by atoms with Gasteiger partial charge in [0.1, 0.15) is 5.82 Å². The van der Waals surface area contributed by atoms with E-state index < -0.39 is 23.2 Å². The van der Waals surface area contributed by atoms with Gasteiger partial charge in [0.15, 0.2) is 5.41 Å². The van der Waals surface area contributed by atoms with Crippen molar-refractivity contribution in [2.75, 3.05) is 6.61 Å². The lowest BCUT2D eigenvalue weighted by atomic mass is 9.85. The first-order valence-electron chi connectivity index (χ1n) is 5.67. The topological polar surface area (TPSA) is 63.6 Å². The Balaban J connectivity index is 2.38. The van der Waals surface area contributed by atoms with Crippen molar-refractivity contribution in [3.8, 4) is 0 Å². The number of fused-ring (bicyclic) bond motifs is 1. The highest BCUT2D eigenvalue weighted by atomic mass is 19.1. The van der Waals surface area contributed by atoms with Crippen molar-refractivity contribution in [1.29, 1.82) is 0 Å². The smallest absolute Gasteiger partial charge is 0.324 e. The molecule has 4 nitrogen and oxygen atoms in total. The van der Waals surface area contributed by atoms with Crippen LogP contribution < -0.4 is 0 Å². The molecule has 0 spiro atoms. The number of hydrogen-bond acceptors (Lipinski definition) is 3. The van der Waals surface area contributed by atoms with Gasteiger partial charge < -0.3 is 9.84 Å². The summed E-state index contributed by atoms with van der Waals surface area (Å²) >= 11 is 0. The molecule has 0 aromatic heterocycles. The maximum Gasteiger partial charge on any atom is 0.324 e. The van der Waals surface area contributed by atoms with Crippen LogP contribution in [0.15, 0.2) is 18.2 Å². The lowest BCUT2D eigenvalue weighted by molar-refractivity contribution is -0.167. The fourth-order valence-corrected chi connectivity index (χ4v) is 2.30. The van der Waals surface area contributed by atoms with Crippen LogP contribution in [0.4, 0.5) is 4.39 Å². The molecule has 0 aliphatic heterocycles. The quantitative estimate of drug-likeness (QED) is 0.655. The number of esters is 1. The Hall–Kier alpha value is -1.91. The first-order chi connectivity index (χ1) is 8.49. The maximum atomic E-state index is 13.1. The number of hydrogen-bond donors (Lipinski definition) is 1. The van der Waals surface area contributed by atoms with E-state index in [4.69, 9.17) is 4.74 Å². The number of benzene rings is 1. The van der Waals surface area contributed by atoms with Crippen LogP contribution in [-0.2, 0) is 27.2 Å². The van der Waals surface area contributed by atoms with Gasteiger partial charge in [-0.1, -0.05) is 6.07 Å². The van der Waals surface area contributed by atoms with E-state index in [-0.39, 0.29) is 19.4 Å². The molecule has 5 heteroatoms. The Morgan fingerprint density at radius 3 is 2.67 bits per heavy atom. The van der Waals surface area contributed by atoms with Crippen LogP contribution in [0.25, 0.3) is 0 Å². The third-order valence-electron chi connectivity index (χ3n) is 3.23. The summed E-state index contributed by atoms with van der Waals surface area (Å²) in [6, 6.07) is 4.07. The van der Waals surface area contributed by atoms with Crippen molar-refractivity contribution in [3.05, 3.63) is 35.1 Å². The first-order valence-corrected chi connectivity index (χ1v) is 5.67. The molecule has 96 valence electrons. The van der Waals surface area contributed by atoms with Crippen molar-refractivity contribution in [2.24, 2.45) is 5.41 Å². The molecular formula is C13H13FO4. The zero-order chi connectivity index (χ0) is 13.3. The van der Waals surface area contributed by atoms with Crippen molar-refractivity contribution >= 4 is 11.9 Å². The van der Waals surface area contributed by atoms with Gasteiger partial charge >= 0.3 is 11.9 Å². The lowest BCUT2D eigenvalue weighted by Crippen LogP contribution is -2.41. The van der Waals surface area contributed by atoms with Crippen LogP contribution in [0, 0.1) is 11.2 Å².